The van der Waals surface area contributed by atoms with Crippen molar-refractivity contribution in [3.63, 3.8) is 0 Å². The number of hydrogen-bond donors (Lipinski definition) is 1. The molecule has 0 spiro atoms. The Balaban J connectivity index is 2.69. The van der Waals surface area contributed by atoms with Gasteiger partial charge in [-0.25, -0.2) is 0 Å². The molecule has 0 saturated heterocycles. The standard InChI is InChI=1S/C13H16N2OS/c1-9(2)15-11(12-4-3-7-17-12)6-5-10(8-14)13(15)16/h3-7,9H,8,14H2,1-2H3. The van der Waals surface area contributed by atoms with Gasteiger partial charge in [0.2, 0.25) is 0 Å². The lowest BCUT2D eigenvalue weighted by Crippen LogP contribution is -2.27. The van der Waals surface area contributed by atoms with E-state index in [1.54, 1.807) is 11.3 Å². The van der Waals surface area contributed by atoms with Gasteiger partial charge < -0.3 is 10.3 Å². The number of pyridine rings is 1. The molecule has 0 aromatic carbocycles. The zero-order valence-electron chi connectivity index (χ0n) is 10.0. The van der Waals surface area contributed by atoms with E-state index in [9.17, 15) is 4.79 Å². The first-order valence-corrected chi connectivity index (χ1v) is 6.51. The molecule has 0 radical (unpaired) electrons. The van der Waals surface area contributed by atoms with E-state index in [-0.39, 0.29) is 18.1 Å². The minimum Gasteiger partial charge on any atom is -0.326 e. The van der Waals surface area contributed by atoms with Gasteiger partial charge in [0.15, 0.2) is 0 Å². The van der Waals surface area contributed by atoms with E-state index in [0.717, 1.165) is 10.6 Å². The predicted molar refractivity (Wildman–Crippen MR) is 72.3 cm³/mol. The summed E-state index contributed by atoms with van der Waals surface area (Å²) in [4.78, 5) is 13.4. The second-order valence-corrected chi connectivity index (χ2v) is 5.14. The molecule has 90 valence electrons. The van der Waals surface area contributed by atoms with Gasteiger partial charge in [-0.05, 0) is 31.4 Å². The molecule has 17 heavy (non-hydrogen) atoms. The van der Waals surface area contributed by atoms with E-state index < -0.39 is 0 Å². The summed E-state index contributed by atoms with van der Waals surface area (Å²) in [6.45, 7) is 4.31. The molecule has 3 nitrogen and oxygen atoms in total. The zero-order valence-corrected chi connectivity index (χ0v) is 10.8. The molecule has 0 saturated carbocycles. The third kappa shape index (κ3) is 2.18. The molecule has 2 N–H and O–H groups in total. The van der Waals surface area contributed by atoms with Crippen molar-refractivity contribution in [2.75, 3.05) is 0 Å². The van der Waals surface area contributed by atoms with Crippen molar-refractivity contribution >= 4 is 11.3 Å². The van der Waals surface area contributed by atoms with Crippen LogP contribution in [0.2, 0.25) is 0 Å². The molecule has 0 fully saturated rings. The second kappa shape index (κ2) is 4.85. The molecule has 2 aromatic heterocycles. The Morgan fingerprint density at radius 3 is 2.65 bits per heavy atom. The first-order valence-electron chi connectivity index (χ1n) is 5.63. The minimum atomic E-state index is 0.0217. The van der Waals surface area contributed by atoms with Gasteiger partial charge in [-0.3, -0.25) is 4.79 Å². The monoisotopic (exact) mass is 248 g/mol. The maximum atomic E-state index is 12.2. The smallest absolute Gasteiger partial charge is 0.255 e. The summed E-state index contributed by atoms with van der Waals surface area (Å²) in [7, 11) is 0. The average molecular weight is 248 g/mol. The summed E-state index contributed by atoms with van der Waals surface area (Å²) in [5, 5.41) is 2.02. The van der Waals surface area contributed by atoms with E-state index in [1.165, 1.54) is 0 Å². The Labute approximate surface area is 105 Å². The quantitative estimate of drug-likeness (QED) is 0.907. The number of nitrogens with zero attached hydrogens (tertiary/aromatic N) is 1. The highest BCUT2D eigenvalue weighted by Crippen LogP contribution is 2.25. The van der Waals surface area contributed by atoms with Crippen molar-refractivity contribution < 1.29 is 0 Å². The molecular formula is C13H16N2OS. The van der Waals surface area contributed by atoms with E-state index in [2.05, 4.69) is 0 Å². The van der Waals surface area contributed by atoms with Crippen LogP contribution in [-0.2, 0) is 6.54 Å². The number of rotatable bonds is 3. The van der Waals surface area contributed by atoms with Crippen molar-refractivity contribution in [1.29, 1.82) is 0 Å². The van der Waals surface area contributed by atoms with Gasteiger partial charge in [-0.1, -0.05) is 12.1 Å². The molecule has 0 bridgehead atoms. The summed E-state index contributed by atoms with van der Waals surface area (Å²) >= 11 is 1.64. The van der Waals surface area contributed by atoms with Crippen LogP contribution < -0.4 is 11.3 Å². The SMILES string of the molecule is CC(C)n1c(-c2cccs2)ccc(CN)c1=O. The minimum absolute atomic E-state index is 0.0217. The lowest BCUT2D eigenvalue weighted by atomic mass is 10.2. The molecule has 0 aliphatic rings. The number of thiophene rings is 1. The van der Waals surface area contributed by atoms with E-state index in [4.69, 9.17) is 5.73 Å². The number of aromatic nitrogens is 1. The molecule has 0 amide bonds. The van der Waals surface area contributed by atoms with Crippen molar-refractivity contribution in [3.05, 3.63) is 45.6 Å². The first-order chi connectivity index (χ1) is 8.15. The predicted octanol–water partition coefficient (Wildman–Crippen LogP) is 2.62. The van der Waals surface area contributed by atoms with Crippen molar-refractivity contribution in [2.45, 2.75) is 26.4 Å². The van der Waals surface area contributed by atoms with Crippen LogP contribution in [0.3, 0.4) is 0 Å². The van der Waals surface area contributed by atoms with Gasteiger partial charge >= 0.3 is 0 Å². The van der Waals surface area contributed by atoms with Crippen LogP contribution in [0.4, 0.5) is 0 Å². The molecule has 0 aliphatic carbocycles. The van der Waals surface area contributed by atoms with Gasteiger partial charge in [-0.2, -0.15) is 0 Å². The van der Waals surface area contributed by atoms with Gasteiger partial charge in [0, 0.05) is 18.2 Å². The van der Waals surface area contributed by atoms with Gasteiger partial charge in [0.25, 0.3) is 5.56 Å². The van der Waals surface area contributed by atoms with Crippen LogP contribution in [0.25, 0.3) is 10.6 Å². The molecule has 4 heteroatoms. The summed E-state index contributed by atoms with van der Waals surface area (Å²) in [5.41, 5.74) is 7.23. The molecule has 2 heterocycles. The van der Waals surface area contributed by atoms with Crippen LogP contribution in [0.5, 0.6) is 0 Å². The third-order valence-electron chi connectivity index (χ3n) is 2.71. The summed E-state index contributed by atoms with van der Waals surface area (Å²) in [5.74, 6) is 0. The Morgan fingerprint density at radius 1 is 1.35 bits per heavy atom. The highest BCUT2D eigenvalue weighted by Gasteiger charge is 2.12. The molecule has 0 aliphatic heterocycles. The molecule has 2 aromatic rings. The van der Waals surface area contributed by atoms with Crippen LogP contribution >= 0.6 is 11.3 Å². The van der Waals surface area contributed by atoms with Crippen molar-refractivity contribution in [1.82, 2.24) is 4.57 Å². The summed E-state index contributed by atoms with van der Waals surface area (Å²) in [6, 6.07) is 7.96. The van der Waals surface area contributed by atoms with E-state index in [1.807, 2.05) is 48.1 Å². The van der Waals surface area contributed by atoms with Gasteiger partial charge in [-0.15, -0.1) is 11.3 Å². The topological polar surface area (TPSA) is 48.0 Å². The summed E-state index contributed by atoms with van der Waals surface area (Å²) in [6.07, 6.45) is 0. The Bertz CT molecular complexity index is 555. The number of nitrogens with two attached hydrogens (primary N) is 1. The third-order valence-corrected chi connectivity index (χ3v) is 3.60. The Hall–Kier alpha value is -1.39. The van der Waals surface area contributed by atoms with Crippen molar-refractivity contribution in [2.24, 2.45) is 5.73 Å². The van der Waals surface area contributed by atoms with Gasteiger partial charge in [0.1, 0.15) is 0 Å². The zero-order chi connectivity index (χ0) is 12.4. The normalized spacial score (nSPS) is 11.1. The molecule has 0 unspecified atom stereocenters. The van der Waals surface area contributed by atoms with E-state index >= 15 is 0 Å². The molecule has 0 atom stereocenters. The van der Waals surface area contributed by atoms with Crippen molar-refractivity contribution in [3.8, 4) is 10.6 Å². The van der Waals surface area contributed by atoms with Crippen LogP contribution in [-0.4, -0.2) is 4.57 Å². The highest BCUT2D eigenvalue weighted by atomic mass is 32.1. The van der Waals surface area contributed by atoms with Gasteiger partial charge in [0.05, 0.1) is 10.6 Å². The first kappa shape index (κ1) is 12.1. The fourth-order valence-electron chi connectivity index (χ4n) is 1.89. The van der Waals surface area contributed by atoms with Crippen LogP contribution in [0.1, 0.15) is 25.5 Å². The molecular weight excluding hydrogens is 232 g/mol. The highest BCUT2D eigenvalue weighted by molar-refractivity contribution is 7.13. The Morgan fingerprint density at radius 2 is 2.12 bits per heavy atom. The van der Waals surface area contributed by atoms with Crippen LogP contribution in [0.15, 0.2) is 34.4 Å². The average Bonchev–Trinajstić information content (AvgIpc) is 2.81. The van der Waals surface area contributed by atoms with E-state index in [0.29, 0.717) is 5.56 Å². The lowest BCUT2D eigenvalue weighted by Gasteiger charge is -2.16. The molecule has 2 rings (SSSR count). The fourth-order valence-corrected chi connectivity index (χ4v) is 2.64. The fraction of sp³-hybridized carbons (Fsp3) is 0.308. The number of hydrogen-bond acceptors (Lipinski definition) is 3. The summed E-state index contributed by atoms with van der Waals surface area (Å²) < 4.78 is 1.81. The largest absolute Gasteiger partial charge is 0.326 e. The van der Waals surface area contributed by atoms with Crippen LogP contribution in [0, 0.1) is 0 Å². The Kier molecular flexibility index (Phi) is 3.45. The second-order valence-electron chi connectivity index (χ2n) is 4.19. The lowest BCUT2D eigenvalue weighted by molar-refractivity contribution is 0.580. The maximum Gasteiger partial charge on any atom is 0.255 e. The maximum absolute atomic E-state index is 12.2.